The van der Waals surface area contributed by atoms with Crippen molar-refractivity contribution in [3.05, 3.63) is 41.1 Å². The third-order valence-electron chi connectivity index (χ3n) is 3.13. The number of nitrogens with zero attached hydrogens (tertiary/aromatic N) is 2. The molecule has 1 N–H and O–H groups in total. The molecule has 112 valence electrons. The minimum absolute atomic E-state index is 0.0331. The van der Waals surface area contributed by atoms with Crippen molar-refractivity contribution < 1.29 is 14.4 Å². The maximum Gasteiger partial charge on any atom is 0.317 e. The second kappa shape index (κ2) is 6.74. The van der Waals surface area contributed by atoms with E-state index in [-0.39, 0.29) is 12.6 Å². The first kappa shape index (κ1) is 15.5. The van der Waals surface area contributed by atoms with E-state index in [0.29, 0.717) is 23.0 Å². The number of carboxylic acid groups (broad SMARTS) is 1. The van der Waals surface area contributed by atoms with Gasteiger partial charge in [0.2, 0.25) is 0 Å². The monoisotopic (exact) mass is 308 g/mol. The molecule has 0 aliphatic rings. The topological polar surface area (TPSA) is 66.6 Å². The smallest absolute Gasteiger partial charge is 0.317 e. The van der Waals surface area contributed by atoms with Gasteiger partial charge < -0.3 is 9.63 Å². The Labute approximate surface area is 128 Å². The molecule has 0 radical (unpaired) electrons. The SMILES string of the molecule is CC(C)N(CC(=O)O)Cc1cc(-c2ccc(Cl)cc2)no1. The van der Waals surface area contributed by atoms with Crippen molar-refractivity contribution >= 4 is 17.6 Å². The van der Waals surface area contributed by atoms with Crippen molar-refractivity contribution in [3.8, 4) is 11.3 Å². The highest BCUT2D eigenvalue weighted by Crippen LogP contribution is 2.22. The molecule has 0 unspecified atom stereocenters. The third kappa shape index (κ3) is 4.31. The molecule has 1 aromatic heterocycles. The van der Waals surface area contributed by atoms with Gasteiger partial charge in [-0.25, -0.2) is 0 Å². The lowest BCUT2D eigenvalue weighted by atomic mass is 10.1. The van der Waals surface area contributed by atoms with Gasteiger partial charge in [-0.05, 0) is 26.0 Å². The Morgan fingerprint density at radius 3 is 2.62 bits per heavy atom. The third-order valence-corrected chi connectivity index (χ3v) is 3.38. The van der Waals surface area contributed by atoms with E-state index in [1.807, 2.05) is 32.0 Å². The molecule has 0 aliphatic carbocycles. The van der Waals surface area contributed by atoms with Crippen LogP contribution < -0.4 is 0 Å². The first-order valence-corrected chi connectivity index (χ1v) is 7.01. The molecule has 1 heterocycles. The molecule has 21 heavy (non-hydrogen) atoms. The molecule has 0 aliphatic heterocycles. The van der Waals surface area contributed by atoms with Crippen molar-refractivity contribution in [1.29, 1.82) is 0 Å². The normalized spacial score (nSPS) is 11.3. The summed E-state index contributed by atoms with van der Waals surface area (Å²) in [6.07, 6.45) is 0. The zero-order valence-electron chi connectivity index (χ0n) is 11.9. The van der Waals surface area contributed by atoms with Crippen molar-refractivity contribution in [3.63, 3.8) is 0 Å². The summed E-state index contributed by atoms with van der Waals surface area (Å²) in [5, 5.41) is 13.6. The molecule has 0 bridgehead atoms. The van der Waals surface area contributed by atoms with Crippen LogP contribution in [0.25, 0.3) is 11.3 Å². The van der Waals surface area contributed by atoms with Crippen LogP contribution in [0, 0.1) is 0 Å². The van der Waals surface area contributed by atoms with Gasteiger partial charge in [-0.2, -0.15) is 0 Å². The lowest BCUT2D eigenvalue weighted by Crippen LogP contribution is -2.34. The Bertz CT molecular complexity index is 608. The maximum absolute atomic E-state index is 10.9. The molecule has 0 atom stereocenters. The second-order valence-corrected chi connectivity index (χ2v) is 5.51. The number of carboxylic acids is 1. The van der Waals surface area contributed by atoms with Crippen LogP contribution in [-0.4, -0.2) is 33.7 Å². The highest BCUT2D eigenvalue weighted by molar-refractivity contribution is 6.30. The Kier molecular flexibility index (Phi) is 4.98. The van der Waals surface area contributed by atoms with Gasteiger partial charge in [0.1, 0.15) is 5.69 Å². The quantitative estimate of drug-likeness (QED) is 0.887. The summed E-state index contributed by atoms with van der Waals surface area (Å²) in [5.41, 5.74) is 1.62. The fourth-order valence-electron chi connectivity index (χ4n) is 1.94. The van der Waals surface area contributed by atoms with Crippen molar-refractivity contribution in [1.82, 2.24) is 10.1 Å². The zero-order valence-corrected chi connectivity index (χ0v) is 12.7. The van der Waals surface area contributed by atoms with E-state index in [1.54, 1.807) is 17.0 Å². The Balaban J connectivity index is 2.11. The van der Waals surface area contributed by atoms with Gasteiger partial charge in [0, 0.05) is 22.7 Å². The molecule has 6 heteroatoms. The van der Waals surface area contributed by atoms with Gasteiger partial charge in [0.25, 0.3) is 0 Å². The predicted octanol–water partition coefficient (Wildman–Crippen LogP) is 3.29. The number of hydrogen-bond donors (Lipinski definition) is 1. The molecule has 2 aromatic rings. The molecule has 0 saturated heterocycles. The van der Waals surface area contributed by atoms with Gasteiger partial charge >= 0.3 is 5.97 Å². The Hall–Kier alpha value is -1.85. The van der Waals surface area contributed by atoms with Crippen molar-refractivity contribution in [2.24, 2.45) is 0 Å². The highest BCUT2D eigenvalue weighted by Gasteiger charge is 2.16. The molecule has 0 spiro atoms. The average Bonchev–Trinajstić information content (AvgIpc) is 2.87. The molecule has 0 fully saturated rings. The van der Waals surface area contributed by atoms with Crippen LogP contribution in [0.2, 0.25) is 5.02 Å². The standard InChI is InChI=1S/C15H17ClN2O3/c1-10(2)18(9-15(19)20)8-13-7-14(17-21-13)11-3-5-12(16)6-4-11/h3-7,10H,8-9H2,1-2H3,(H,19,20). The van der Waals surface area contributed by atoms with Crippen LogP contribution in [0.1, 0.15) is 19.6 Å². The van der Waals surface area contributed by atoms with E-state index in [1.165, 1.54) is 0 Å². The van der Waals surface area contributed by atoms with E-state index in [9.17, 15) is 4.79 Å². The second-order valence-electron chi connectivity index (χ2n) is 5.08. The number of benzene rings is 1. The van der Waals surface area contributed by atoms with Gasteiger partial charge in [-0.3, -0.25) is 9.69 Å². The summed E-state index contributed by atoms with van der Waals surface area (Å²) < 4.78 is 5.29. The largest absolute Gasteiger partial charge is 0.480 e. The lowest BCUT2D eigenvalue weighted by molar-refractivity contribution is -0.139. The first-order valence-electron chi connectivity index (χ1n) is 6.63. The molecular formula is C15H17ClN2O3. The molecule has 0 saturated carbocycles. The van der Waals surface area contributed by atoms with Crippen LogP contribution in [-0.2, 0) is 11.3 Å². The van der Waals surface area contributed by atoms with E-state index in [2.05, 4.69) is 5.16 Å². The number of aromatic nitrogens is 1. The molecule has 1 aromatic carbocycles. The van der Waals surface area contributed by atoms with Crippen LogP contribution in [0.3, 0.4) is 0 Å². The van der Waals surface area contributed by atoms with Crippen LogP contribution in [0.4, 0.5) is 0 Å². The van der Waals surface area contributed by atoms with Crippen LogP contribution in [0.15, 0.2) is 34.9 Å². The number of aliphatic carboxylic acids is 1. The number of halogens is 1. The summed E-state index contributed by atoms with van der Waals surface area (Å²) in [4.78, 5) is 12.7. The fraction of sp³-hybridized carbons (Fsp3) is 0.333. The Morgan fingerprint density at radius 1 is 1.38 bits per heavy atom. The fourth-order valence-corrected chi connectivity index (χ4v) is 2.07. The van der Waals surface area contributed by atoms with Crippen molar-refractivity contribution in [2.45, 2.75) is 26.4 Å². The van der Waals surface area contributed by atoms with Crippen LogP contribution >= 0.6 is 11.6 Å². The summed E-state index contributed by atoms with van der Waals surface area (Å²) in [6.45, 7) is 4.26. The number of hydrogen-bond acceptors (Lipinski definition) is 4. The minimum atomic E-state index is -0.860. The summed E-state index contributed by atoms with van der Waals surface area (Å²) >= 11 is 5.85. The van der Waals surface area contributed by atoms with Crippen molar-refractivity contribution in [2.75, 3.05) is 6.54 Å². The van der Waals surface area contributed by atoms with E-state index in [4.69, 9.17) is 21.2 Å². The molecule has 0 amide bonds. The van der Waals surface area contributed by atoms with Gasteiger partial charge in [0.15, 0.2) is 5.76 Å². The Morgan fingerprint density at radius 2 is 2.05 bits per heavy atom. The van der Waals surface area contributed by atoms with E-state index >= 15 is 0 Å². The summed E-state index contributed by atoms with van der Waals surface area (Å²) in [6, 6.07) is 9.22. The molecule has 5 nitrogen and oxygen atoms in total. The molecule has 2 rings (SSSR count). The van der Waals surface area contributed by atoms with Crippen LogP contribution in [0.5, 0.6) is 0 Å². The predicted molar refractivity (Wildman–Crippen MR) is 80.1 cm³/mol. The maximum atomic E-state index is 10.9. The first-order chi connectivity index (χ1) is 9.95. The van der Waals surface area contributed by atoms with E-state index in [0.717, 1.165) is 5.56 Å². The minimum Gasteiger partial charge on any atom is -0.480 e. The van der Waals surface area contributed by atoms with Gasteiger partial charge in [0.05, 0.1) is 13.1 Å². The molecular weight excluding hydrogens is 292 g/mol. The zero-order chi connectivity index (χ0) is 15.4. The highest BCUT2D eigenvalue weighted by atomic mass is 35.5. The number of rotatable bonds is 6. The summed E-state index contributed by atoms with van der Waals surface area (Å²) in [5.74, 6) is -0.226. The lowest BCUT2D eigenvalue weighted by Gasteiger charge is -2.22. The van der Waals surface area contributed by atoms with E-state index < -0.39 is 5.97 Å². The van der Waals surface area contributed by atoms with Gasteiger partial charge in [-0.1, -0.05) is 28.9 Å². The van der Waals surface area contributed by atoms with Gasteiger partial charge in [-0.15, -0.1) is 0 Å². The number of carbonyl (C=O) groups is 1. The average molecular weight is 309 g/mol. The summed E-state index contributed by atoms with van der Waals surface area (Å²) in [7, 11) is 0.